The molecule has 0 radical (unpaired) electrons. The van der Waals surface area contributed by atoms with E-state index in [0.717, 1.165) is 5.56 Å². The second kappa shape index (κ2) is 9.44. The molecule has 0 saturated carbocycles. The number of aryl methyl sites for hydroxylation is 2. The van der Waals surface area contributed by atoms with Crippen LogP contribution in [0.4, 0.5) is 0 Å². The van der Waals surface area contributed by atoms with Crippen molar-refractivity contribution >= 4 is 11.6 Å². The van der Waals surface area contributed by atoms with E-state index in [2.05, 4.69) is 15.0 Å². The van der Waals surface area contributed by atoms with E-state index in [4.69, 9.17) is 16.3 Å². The molecule has 0 unspecified atom stereocenters. The molecule has 0 aromatic carbocycles. The minimum absolute atomic E-state index is 0.0588. The van der Waals surface area contributed by atoms with Crippen molar-refractivity contribution in [3.05, 3.63) is 103 Å². The number of aromatic nitrogens is 5. The molecule has 1 N–H and O–H groups in total. The quantitative estimate of drug-likeness (QED) is 0.438. The SMILES string of the molecule is Cc1cnc(-n2ccc(Cl)c(C(C)(C)O)c2=O)cc1-n1c(C)cc(OCc2cnccn2)cc1=O. The predicted molar refractivity (Wildman–Crippen MR) is 132 cm³/mol. The van der Waals surface area contributed by atoms with Crippen molar-refractivity contribution in [3.63, 3.8) is 0 Å². The first-order valence-electron chi connectivity index (χ1n) is 10.8. The van der Waals surface area contributed by atoms with Crippen LogP contribution >= 0.6 is 11.6 Å². The molecule has 10 heteroatoms. The van der Waals surface area contributed by atoms with Gasteiger partial charge in [-0.1, -0.05) is 11.6 Å². The maximum atomic E-state index is 13.1. The van der Waals surface area contributed by atoms with Gasteiger partial charge in [0.1, 0.15) is 18.2 Å². The number of pyridine rings is 3. The van der Waals surface area contributed by atoms with Gasteiger partial charge in [0.25, 0.3) is 11.1 Å². The molecule has 0 spiro atoms. The molecule has 0 aliphatic carbocycles. The highest BCUT2D eigenvalue weighted by Gasteiger charge is 2.25. The van der Waals surface area contributed by atoms with E-state index in [9.17, 15) is 14.7 Å². The number of aliphatic hydroxyl groups is 1. The van der Waals surface area contributed by atoms with Gasteiger partial charge in [0.2, 0.25) is 0 Å². The third-order valence-electron chi connectivity index (χ3n) is 5.39. The van der Waals surface area contributed by atoms with Crippen molar-refractivity contribution in [2.75, 3.05) is 0 Å². The molecule has 0 amide bonds. The molecule has 0 aliphatic rings. The van der Waals surface area contributed by atoms with Gasteiger partial charge >= 0.3 is 0 Å². The Morgan fingerprint density at radius 1 is 1.09 bits per heavy atom. The number of halogens is 1. The molecule has 35 heavy (non-hydrogen) atoms. The van der Waals surface area contributed by atoms with E-state index in [1.807, 2.05) is 6.92 Å². The Bertz CT molecular complexity index is 1510. The van der Waals surface area contributed by atoms with Crippen molar-refractivity contribution in [2.45, 2.75) is 39.9 Å². The van der Waals surface area contributed by atoms with Gasteiger partial charge < -0.3 is 9.84 Å². The average Bonchev–Trinajstić information content (AvgIpc) is 2.78. The summed E-state index contributed by atoms with van der Waals surface area (Å²) in [6.45, 7) is 6.77. The molecular formula is C25H24ClN5O4. The zero-order chi connectivity index (χ0) is 25.3. The maximum absolute atomic E-state index is 13.1. The highest BCUT2D eigenvalue weighted by atomic mass is 35.5. The molecule has 9 nitrogen and oxygen atoms in total. The lowest BCUT2D eigenvalue weighted by molar-refractivity contribution is 0.0769. The standard InChI is InChI=1S/C25H24ClN5O4/c1-15-12-29-21(30-8-5-19(26)23(24(30)33)25(3,4)34)11-20(15)31-16(2)9-18(10-22(31)32)35-14-17-13-27-6-7-28-17/h5-13,34H,14H2,1-4H3. The highest BCUT2D eigenvalue weighted by molar-refractivity contribution is 6.31. The lowest BCUT2D eigenvalue weighted by Crippen LogP contribution is -2.32. The van der Waals surface area contributed by atoms with Gasteiger partial charge in [-0.05, 0) is 39.3 Å². The van der Waals surface area contributed by atoms with Gasteiger partial charge in [-0.25, -0.2) is 4.98 Å². The van der Waals surface area contributed by atoms with Crippen molar-refractivity contribution in [2.24, 2.45) is 0 Å². The molecule has 4 heterocycles. The zero-order valence-corrected chi connectivity index (χ0v) is 20.4. The summed E-state index contributed by atoms with van der Waals surface area (Å²) in [5, 5.41) is 10.6. The molecule has 0 aliphatic heterocycles. The Kier molecular flexibility index (Phi) is 6.56. The Balaban J connectivity index is 1.75. The number of ether oxygens (including phenoxy) is 1. The van der Waals surface area contributed by atoms with Crippen LogP contribution in [0.3, 0.4) is 0 Å². The van der Waals surface area contributed by atoms with Crippen LogP contribution in [-0.2, 0) is 12.2 Å². The fourth-order valence-corrected chi connectivity index (χ4v) is 4.12. The molecule has 4 aromatic heterocycles. The van der Waals surface area contributed by atoms with E-state index < -0.39 is 11.2 Å². The Morgan fingerprint density at radius 3 is 2.51 bits per heavy atom. The summed E-state index contributed by atoms with van der Waals surface area (Å²) in [7, 11) is 0. The van der Waals surface area contributed by atoms with Crippen molar-refractivity contribution in [1.82, 2.24) is 24.1 Å². The fourth-order valence-electron chi connectivity index (χ4n) is 3.75. The average molecular weight is 494 g/mol. The van der Waals surface area contributed by atoms with Crippen molar-refractivity contribution < 1.29 is 9.84 Å². The second-order valence-corrected chi connectivity index (χ2v) is 9.00. The van der Waals surface area contributed by atoms with Gasteiger partial charge in [-0.2, -0.15) is 0 Å². The van der Waals surface area contributed by atoms with Crippen molar-refractivity contribution in [1.29, 1.82) is 0 Å². The van der Waals surface area contributed by atoms with E-state index in [-0.39, 0.29) is 28.6 Å². The van der Waals surface area contributed by atoms with Crippen LogP contribution in [0, 0.1) is 13.8 Å². The van der Waals surface area contributed by atoms with Gasteiger partial charge in [-0.3, -0.25) is 28.7 Å². The zero-order valence-electron chi connectivity index (χ0n) is 19.7. The lowest BCUT2D eigenvalue weighted by atomic mass is 10.00. The Morgan fingerprint density at radius 2 is 1.86 bits per heavy atom. The van der Waals surface area contributed by atoms with Crippen LogP contribution in [-0.4, -0.2) is 29.2 Å². The van der Waals surface area contributed by atoms with Gasteiger partial charge in [-0.15, -0.1) is 0 Å². The van der Waals surface area contributed by atoms with E-state index >= 15 is 0 Å². The fraction of sp³-hybridized carbons (Fsp3) is 0.240. The van der Waals surface area contributed by atoms with Gasteiger partial charge in [0, 0.05) is 48.7 Å². The molecule has 4 aromatic rings. The molecule has 4 rings (SSSR count). The first-order chi connectivity index (χ1) is 16.6. The summed E-state index contributed by atoms with van der Waals surface area (Å²) in [5.41, 5.74) is 0.379. The summed E-state index contributed by atoms with van der Waals surface area (Å²) >= 11 is 6.19. The summed E-state index contributed by atoms with van der Waals surface area (Å²) in [6, 6.07) is 6.31. The molecule has 0 saturated heterocycles. The van der Waals surface area contributed by atoms with E-state index in [1.54, 1.807) is 43.8 Å². The Labute approximate surface area is 206 Å². The summed E-state index contributed by atoms with van der Waals surface area (Å²) in [6.07, 6.45) is 7.81. The lowest BCUT2D eigenvalue weighted by Gasteiger charge is -2.20. The largest absolute Gasteiger partial charge is 0.487 e. The van der Waals surface area contributed by atoms with Crippen LogP contribution in [0.2, 0.25) is 5.02 Å². The summed E-state index contributed by atoms with van der Waals surface area (Å²) in [5.74, 6) is 0.692. The molecular weight excluding hydrogens is 470 g/mol. The van der Waals surface area contributed by atoms with E-state index in [1.165, 1.54) is 41.3 Å². The maximum Gasteiger partial charge on any atom is 0.263 e. The normalized spacial score (nSPS) is 11.5. The second-order valence-electron chi connectivity index (χ2n) is 8.59. The minimum Gasteiger partial charge on any atom is -0.487 e. The van der Waals surface area contributed by atoms with Crippen LogP contribution < -0.4 is 15.9 Å². The van der Waals surface area contributed by atoms with Crippen LogP contribution in [0.15, 0.2) is 64.8 Å². The van der Waals surface area contributed by atoms with Crippen LogP contribution in [0.1, 0.15) is 36.4 Å². The number of rotatable bonds is 6. The predicted octanol–water partition coefficient (Wildman–Crippen LogP) is 3.25. The van der Waals surface area contributed by atoms with Crippen molar-refractivity contribution in [3.8, 4) is 17.3 Å². The molecule has 180 valence electrons. The molecule has 0 atom stereocenters. The number of nitrogens with zero attached hydrogens (tertiary/aromatic N) is 5. The van der Waals surface area contributed by atoms with Crippen LogP contribution in [0.5, 0.6) is 5.75 Å². The summed E-state index contributed by atoms with van der Waals surface area (Å²) < 4.78 is 8.54. The first-order valence-corrected chi connectivity index (χ1v) is 11.2. The number of hydrogen-bond acceptors (Lipinski definition) is 7. The third-order valence-corrected chi connectivity index (χ3v) is 5.71. The van der Waals surface area contributed by atoms with Gasteiger partial charge in [0.05, 0.1) is 33.8 Å². The summed E-state index contributed by atoms with van der Waals surface area (Å²) in [4.78, 5) is 38.7. The van der Waals surface area contributed by atoms with Crippen LogP contribution in [0.25, 0.3) is 11.5 Å². The Hall–Kier alpha value is -3.82. The smallest absolute Gasteiger partial charge is 0.263 e. The highest BCUT2D eigenvalue weighted by Crippen LogP contribution is 2.25. The molecule has 0 bridgehead atoms. The monoisotopic (exact) mass is 493 g/mol. The topological polar surface area (TPSA) is 112 Å². The molecule has 0 fully saturated rings. The van der Waals surface area contributed by atoms with E-state index in [0.29, 0.717) is 22.8 Å². The first kappa shape index (κ1) is 24.3. The number of hydrogen-bond donors (Lipinski definition) is 1. The third kappa shape index (κ3) is 5.01. The van der Waals surface area contributed by atoms with Gasteiger partial charge in [0.15, 0.2) is 0 Å². The minimum atomic E-state index is -1.45.